The molecule has 0 amide bonds. The van der Waals surface area contributed by atoms with Crippen LogP contribution in [-0.4, -0.2) is 14.5 Å². The molecule has 16 heavy (non-hydrogen) atoms. The molecule has 0 aliphatic carbocycles. The number of nitrogens with zero attached hydrogens (tertiary/aromatic N) is 3. The van der Waals surface area contributed by atoms with Gasteiger partial charge in [-0.05, 0) is 35.3 Å². The van der Waals surface area contributed by atoms with Gasteiger partial charge in [0.15, 0.2) is 0 Å². The van der Waals surface area contributed by atoms with Gasteiger partial charge in [0.25, 0.3) is 0 Å². The fourth-order valence-corrected chi connectivity index (χ4v) is 2.27. The second-order valence-electron chi connectivity index (χ2n) is 4.00. The molecule has 0 N–H and O–H groups in total. The van der Waals surface area contributed by atoms with Crippen LogP contribution in [0.5, 0.6) is 0 Å². The average molecular weight is 282 g/mol. The van der Waals surface area contributed by atoms with Gasteiger partial charge in [0.2, 0.25) is 0 Å². The van der Waals surface area contributed by atoms with Gasteiger partial charge in [0.1, 0.15) is 15.9 Å². The van der Waals surface area contributed by atoms with E-state index in [9.17, 15) is 0 Å². The summed E-state index contributed by atoms with van der Waals surface area (Å²) in [6, 6.07) is 2.53. The summed E-state index contributed by atoms with van der Waals surface area (Å²) in [5.74, 6) is 1.14. The average Bonchev–Trinajstić information content (AvgIpc) is 2.65. The Kier molecular flexibility index (Phi) is 3.28. The van der Waals surface area contributed by atoms with E-state index in [0.29, 0.717) is 6.04 Å². The van der Waals surface area contributed by atoms with Crippen LogP contribution in [0.25, 0.3) is 11.0 Å². The summed E-state index contributed by atoms with van der Waals surface area (Å²) in [6.45, 7) is 6.57. The van der Waals surface area contributed by atoms with Crippen molar-refractivity contribution in [2.75, 3.05) is 0 Å². The Morgan fingerprint density at radius 3 is 2.81 bits per heavy atom. The Bertz CT molecular complexity index is 504. The summed E-state index contributed by atoms with van der Waals surface area (Å²) in [7, 11) is 0. The lowest BCUT2D eigenvalue weighted by Crippen LogP contribution is -2.07. The van der Waals surface area contributed by atoms with Crippen molar-refractivity contribution in [3.05, 3.63) is 22.7 Å². The van der Waals surface area contributed by atoms with Gasteiger partial charge in [-0.25, -0.2) is 9.97 Å². The lowest BCUT2D eigenvalue weighted by molar-refractivity contribution is 0.524. The molecule has 4 heteroatoms. The van der Waals surface area contributed by atoms with Crippen molar-refractivity contribution in [1.29, 1.82) is 0 Å². The van der Waals surface area contributed by atoms with Crippen molar-refractivity contribution < 1.29 is 0 Å². The first-order valence-electron chi connectivity index (χ1n) is 5.69. The second kappa shape index (κ2) is 4.53. The quantitative estimate of drug-likeness (QED) is 0.803. The molecule has 0 bridgehead atoms. The second-order valence-corrected chi connectivity index (χ2v) is 4.82. The first kappa shape index (κ1) is 11.6. The first-order chi connectivity index (χ1) is 7.67. The molecule has 2 rings (SSSR count). The van der Waals surface area contributed by atoms with Crippen LogP contribution in [0.3, 0.4) is 0 Å². The van der Waals surface area contributed by atoms with Gasteiger partial charge < -0.3 is 4.57 Å². The zero-order valence-electron chi connectivity index (χ0n) is 9.87. The first-order valence-corrected chi connectivity index (χ1v) is 6.49. The van der Waals surface area contributed by atoms with Crippen molar-refractivity contribution in [3.63, 3.8) is 0 Å². The van der Waals surface area contributed by atoms with E-state index in [4.69, 9.17) is 0 Å². The van der Waals surface area contributed by atoms with Gasteiger partial charge in [0, 0.05) is 12.5 Å². The standard InChI is InChI=1S/C12H16BrN3/c1-4-8(3)16-10-6-11(13)14-7-9(10)15-12(16)5-2/h6-8H,4-5H2,1-3H3. The largest absolute Gasteiger partial charge is 0.325 e. The molecule has 3 nitrogen and oxygen atoms in total. The topological polar surface area (TPSA) is 30.7 Å². The predicted molar refractivity (Wildman–Crippen MR) is 69.6 cm³/mol. The smallest absolute Gasteiger partial charge is 0.109 e. The lowest BCUT2D eigenvalue weighted by Gasteiger charge is -2.15. The van der Waals surface area contributed by atoms with Crippen LogP contribution in [0.2, 0.25) is 0 Å². The van der Waals surface area contributed by atoms with Crippen LogP contribution in [0.15, 0.2) is 16.9 Å². The minimum absolute atomic E-state index is 0.481. The molecule has 1 unspecified atom stereocenters. The van der Waals surface area contributed by atoms with Crippen LogP contribution in [0.4, 0.5) is 0 Å². The van der Waals surface area contributed by atoms with E-state index >= 15 is 0 Å². The minimum Gasteiger partial charge on any atom is -0.325 e. The Labute approximate surface area is 104 Å². The van der Waals surface area contributed by atoms with Gasteiger partial charge in [-0.1, -0.05) is 13.8 Å². The number of fused-ring (bicyclic) bond motifs is 1. The summed E-state index contributed by atoms with van der Waals surface area (Å²) in [5.41, 5.74) is 2.16. The fourth-order valence-electron chi connectivity index (χ4n) is 1.95. The number of aryl methyl sites for hydroxylation is 1. The monoisotopic (exact) mass is 281 g/mol. The summed E-state index contributed by atoms with van der Waals surface area (Å²) in [4.78, 5) is 8.84. The molecule has 0 saturated heterocycles. The highest BCUT2D eigenvalue weighted by molar-refractivity contribution is 9.10. The van der Waals surface area contributed by atoms with Gasteiger partial charge in [0.05, 0.1) is 11.7 Å². The molecule has 0 aromatic carbocycles. The molecule has 0 aliphatic rings. The number of hydrogen-bond acceptors (Lipinski definition) is 2. The van der Waals surface area contributed by atoms with E-state index in [0.717, 1.165) is 28.8 Å². The third-order valence-corrected chi connectivity index (χ3v) is 3.40. The molecule has 0 spiro atoms. The molecule has 0 fully saturated rings. The van der Waals surface area contributed by atoms with Crippen molar-refractivity contribution in [1.82, 2.24) is 14.5 Å². The summed E-state index contributed by atoms with van der Waals surface area (Å²) in [5, 5.41) is 0. The number of aromatic nitrogens is 3. The van der Waals surface area contributed by atoms with Gasteiger partial charge in [-0.2, -0.15) is 0 Å². The lowest BCUT2D eigenvalue weighted by atomic mass is 10.2. The third kappa shape index (κ3) is 1.86. The minimum atomic E-state index is 0.481. The number of rotatable bonds is 3. The fraction of sp³-hybridized carbons (Fsp3) is 0.500. The Balaban J connectivity index is 2.70. The Hall–Kier alpha value is -0.900. The van der Waals surface area contributed by atoms with Crippen LogP contribution < -0.4 is 0 Å². The normalized spacial score (nSPS) is 13.2. The zero-order chi connectivity index (χ0) is 11.7. The number of pyridine rings is 1. The van der Waals surface area contributed by atoms with E-state index in [2.05, 4.69) is 51.2 Å². The maximum atomic E-state index is 4.62. The maximum Gasteiger partial charge on any atom is 0.109 e. The molecule has 0 saturated carbocycles. The summed E-state index contributed by atoms with van der Waals surface area (Å²) in [6.07, 6.45) is 3.90. The molecule has 2 aromatic rings. The number of hydrogen-bond donors (Lipinski definition) is 0. The van der Waals surface area contributed by atoms with E-state index in [1.807, 2.05) is 12.3 Å². The van der Waals surface area contributed by atoms with Crippen molar-refractivity contribution in [2.45, 2.75) is 39.7 Å². The molecular formula is C12H16BrN3. The predicted octanol–water partition coefficient (Wildman–Crippen LogP) is 3.73. The Morgan fingerprint density at radius 2 is 2.19 bits per heavy atom. The number of imidazole rings is 1. The van der Waals surface area contributed by atoms with E-state index in [1.165, 1.54) is 5.52 Å². The summed E-state index contributed by atoms with van der Waals surface area (Å²) >= 11 is 3.42. The molecule has 2 heterocycles. The zero-order valence-corrected chi connectivity index (χ0v) is 11.5. The van der Waals surface area contributed by atoms with Crippen LogP contribution in [0, 0.1) is 0 Å². The highest BCUT2D eigenvalue weighted by Gasteiger charge is 2.13. The summed E-state index contributed by atoms with van der Waals surface area (Å²) < 4.78 is 3.19. The van der Waals surface area contributed by atoms with Crippen LogP contribution in [0.1, 0.15) is 39.1 Å². The molecule has 1 atom stereocenters. The van der Waals surface area contributed by atoms with Crippen molar-refractivity contribution in [2.24, 2.45) is 0 Å². The number of halogens is 1. The van der Waals surface area contributed by atoms with Gasteiger partial charge in [-0.15, -0.1) is 0 Å². The third-order valence-electron chi connectivity index (χ3n) is 2.96. The molecule has 2 aromatic heterocycles. The molecular weight excluding hydrogens is 266 g/mol. The van der Waals surface area contributed by atoms with E-state index in [-0.39, 0.29) is 0 Å². The molecule has 0 aliphatic heterocycles. The highest BCUT2D eigenvalue weighted by Crippen LogP contribution is 2.24. The van der Waals surface area contributed by atoms with Gasteiger partial charge >= 0.3 is 0 Å². The van der Waals surface area contributed by atoms with Crippen molar-refractivity contribution in [3.8, 4) is 0 Å². The van der Waals surface area contributed by atoms with E-state index in [1.54, 1.807) is 0 Å². The maximum absolute atomic E-state index is 4.62. The van der Waals surface area contributed by atoms with E-state index < -0.39 is 0 Å². The molecule has 0 radical (unpaired) electrons. The SMILES string of the molecule is CCc1nc2cnc(Br)cc2n1C(C)CC. The Morgan fingerprint density at radius 1 is 1.44 bits per heavy atom. The highest BCUT2D eigenvalue weighted by atomic mass is 79.9. The molecule has 86 valence electrons. The van der Waals surface area contributed by atoms with Gasteiger partial charge in [-0.3, -0.25) is 0 Å². The van der Waals surface area contributed by atoms with Crippen molar-refractivity contribution >= 4 is 27.0 Å². The van der Waals surface area contributed by atoms with Crippen LogP contribution in [-0.2, 0) is 6.42 Å². The van der Waals surface area contributed by atoms with Crippen LogP contribution >= 0.6 is 15.9 Å².